The fourth-order valence-electron chi connectivity index (χ4n) is 2.92. The number of likely N-dealkylation sites (tertiary alicyclic amines) is 1. The molecule has 0 aliphatic carbocycles. The van der Waals surface area contributed by atoms with Crippen LogP contribution in [-0.4, -0.2) is 39.7 Å². The van der Waals surface area contributed by atoms with Crippen molar-refractivity contribution in [1.82, 2.24) is 14.9 Å². The minimum Gasteiger partial charge on any atom is -0.396 e. The standard InChI is InChI=1S/C15H18ClN3O2/c16-11-1-2-13-12(7-11)15(21)18-14(17-13)9-19-5-3-10(8-19)4-6-20/h1-2,7,10,20H,3-6,8-9H2,(H,17,18,21). The number of hydrogen-bond donors (Lipinski definition) is 2. The fourth-order valence-corrected chi connectivity index (χ4v) is 3.09. The van der Waals surface area contributed by atoms with E-state index in [0.29, 0.717) is 34.2 Å². The molecule has 0 saturated carbocycles. The van der Waals surface area contributed by atoms with Gasteiger partial charge in [-0.15, -0.1) is 0 Å². The minimum absolute atomic E-state index is 0.149. The van der Waals surface area contributed by atoms with Crippen LogP contribution in [0.4, 0.5) is 0 Å². The van der Waals surface area contributed by atoms with E-state index in [0.717, 1.165) is 25.9 Å². The van der Waals surface area contributed by atoms with E-state index in [9.17, 15) is 4.79 Å². The number of rotatable bonds is 4. The van der Waals surface area contributed by atoms with Crippen molar-refractivity contribution >= 4 is 22.5 Å². The number of aliphatic hydroxyl groups excluding tert-OH is 1. The van der Waals surface area contributed by atoms with Crippen molar-refractivity contribution in [2.24, 2.45) is 5.92 Å². The molecule has 2 aromatic rings. The number of hydrogen-bond acceptors (Lipinski definition) is 4. The summed E-state index contributed by atoms with van der Waals surface area (Å²) in [5.41, 5.74) is 0.521. The van der Waals surface area contributed by atoms with Gasteiger partial charge in [0.2, 0.25) is 0 Å². The molecule has 1 aromatic carbocycles. The average Bonchev–Trinajstić information content (AvgIpc) is 2.87. The Morgan fingerprint density at radius 1 is 1.48 bits per heavy atom. The molecule has 0 amide bonds. The summed E-state index contributed by atoms with van der Waals surface area (Å²) in [6.45, 7) is 2.80. The normalized spacial score (nSPS) is 19.4. The molecule has 2 N–H and O–H groups in total. The van der Waals surface area contributed by atoms with Crippen molar-refractivity contribution in [3.05, 3.63) is 39.4 Å². The second kappa shape index (κ2) is 6.13. The summed E-state index contributed by atoms with van der Waals surface area (Å²) in [4.78, 5) is 21.7. The van der Waals surface area contributed by atoms with Gasteiger partial charge in [-0.05, 0) is 43.5 Å². The molecular formula is C15H18ClN3O2. The molecule has 0 spiro atoms. The Morgan fingerprint density at radius 2 is 2.33 bits per heavy atom. The lowest BCUT2D eigenvalue weighted by Gasteiger charge is -2.15. The van der Waals surface area contributed by atoms with Crippen molar-refractivity contribution in [2.45, 2.75) is 19.4 Å². The molecule has 21 heavy (non-hydrogen) atoms. The lowest BCUT2D eigenvalue weighted by molar-refractivity contribution is 0.248. The van der Waals surface area contributed by atoms with Gasteiger partial charge < -0.3 is 10.1 Å². The smallest absolute Gasteiger partial charge is 0.258 e. The number of halogens is 1. The molecule has 5 nitrogen and oxygen atoms in total. The summed E-state index contributed by atoms with van der Waals surface area (Å²) < 4.78 is 0. The lowest BCUT2D eigenvalue weighted by atomic mass is 10.1. The summed E-state index contributed by atoms with van der Waals surface area (Å²) in [5, 5.41) is 10.0. The number of aliphatic hydroxyl groups is 1. The van der Waals surface area contributed by atoms with Crippen molar-refractivity contribution < 1.29 is 5.11 Å². The zero-order valence-corrected chi connectivity index (χ0v) is 12.4. The molecular weight excluding hydrogens is 290 g/mol. The number of H-pyrrole nitrogens is 1. The number of benzene rings is 1. The van der Waals surface area contributed by atoms with E-state index in [-0.39, 0.29) is 12.2 Å². The molecule has 112 valence electrons. The van der Waals surface area contributed by atoms with Gasteiger partial charge in [0.1, 0.15) is 5.82 Å². The highest BCUT2D eigenvalue weighted by Crippen LogP contribution is 2.20. The van der Waals surface area contributed by atoms with E-state index in [4.69, 9.17) is 16.7 Å². The Morgan fingerprint density at radius 3 is 3.14 bits per heavy atom. The summed E-state index contributed by atoms with van der Waals surface area (Å²) in [5.74, 6) is 1.22. The first-order chi connectivity index (χ1) is 10.2. The Kier molecular flexibility index (Phi) is 4.24. The molecule has 1 aliphatic heterocycles. The topological polar surface area (TPSA) is 69.2 Å². The predicted octanol–water partition coefficient (Wildman–Crippen LogP) is 1.78. The summed E-state index contributed by atoms with van der Waals surface area (Å²) >= 11 is 5.90. The monoisotopic (exact) mass is 307 g/mol. The van der Waals surface area contributed by atoms with Crippen molar-refractivity contribution in [2.75, 3.05) is 19.7 Å². The van der Waals surface area contributed by atoms with E-state index < -0.39 is 0 Å². The van der Waals surface area contributed by atoms with Crippen LogP contribution in [0.2, 0.25) is 5.02 Å². The van der Waals surface area contributed by atoms with Crippen molar-refractivity contribution in [1.29, 1.82) is 0 Å². The number of nitrogens with one attached hydrogen (secondary N) is 1. The van der Waals surface area contributed by atoms with Crippen molar-refractivity contribution in [3.63, 3.8) is 0 Å². The lowest BCUT2D eigenvalue weighted by Crippen LogP contribution is -2.24. The summed E-state index contributed by atoms with van der Waals surface area (Å²) in [6, 6.07) is 5.15. The maximum Gasteiger partial charge on any atom is 0.258 e. The Hall–Kier alpha value is -1.43. The molecule has 0 radical (unpaired) electrons. The largest absolute Gasteiger partial charge is 0.396 e. The van der Waals surface area contributed by atoms with Gasteiger partial charge in [0, 0.05) is 18.2 Å². The molecule has 3 rings (SSSR count). The Labute approximate surface area is 127 Å². The van der Waals surface area contributed by atoms with Crippen LogP contribution in [0.15, 0.2) is 23.0 Å². The molecule has 1 fully saturated rings. The molecule has 1 saturated heterocycles. The van der Waals surface area contributed by atoms with Gasteiger partial charge in [0.25, 0.3) is 5.56 Å². The van der Waals surface area contributed by atoms with E-state index in [1.165, 1.54) is 0 Å². The highest BCUT2D eigenvalue weighted by Gasteiger charge is 2.22. The summed E-state index contributed by atoms with van der Waals surface area (Å²) in [6.07, 6.45) is 1.94. The third-order valence-electron chi connectivity index (χ3n) is 4.00. The van der Waals surface area contributed by atoms with Gasteiger partial charge in [0.15, 0.2) is 0 Å². The number of aromatic nitrogens is 2. The molecule has 1 aliphatic rings. The van der Waals surface area contributed by atoms with E-state index >= 15 is 0 Å². The number of nitrogens with zero attached hydrogens (tertiary/aromatic N) is 2. The van der Waals surface area contributed by atoms with Gasteiger partial charge >= 0.3 is 0 Å². The molecule has 0 bridgehead atoms. The quantitative estimate of drug-likeness (QED) is 0.903. The first-order valence-electron chi connectivity index (χ1n) is 7.17. The molecule has 1 unspecified atom stereocenters. The van der Waals surface area contributed by atoms with Crippen LogP contribution in [0.1, 0.15) is 18.7 Å². The maximum atomic E-state index is 12.1. The third kappa shape index (κ3) is 3.26. The number of fused-ring (bicyclic) bond motifs is 1. The fraction of sp³-hybridized carbons (Fsp3) is 0.467. The molecule has 2 heterocycles. The molecule has 1 atom stereocenters. The van der Waals surface area contributed by atoms with E-state index in [1.54, 1.807) is 18.2 Å². The van der Waals surface area contributed by atoms with Crippen LogP contribution in [0, 0.1) is 5.92 Å². The highest BCUT2D eigenvalue weighted by molar-refractivity contribution is 6.31. The highest BCUT2D eigenvalue weighted by atomic mass is 35.5. The van der Waals surface area contributed by atoms with Crippen LogP contribution < -0.4 is 5.56 Å². The first-order valence-corrected chi connectivity index (χ1v) is 7.55. The van der Waals surface area contributed by atoms with Gasteiger partial charge in [-0.1, -0.05) is 11.6 Å². The predicted molar refractivity (Wildman–Crippen MR) is 82.5 cm³/mol. The van der Waals surface area contributed by atoms with Crippen LogP contribution in [-0.2, 0) is 6.54 Å². The van der Waals surface area contributed by atoms with Crippen LogP contribution >= 0.6 is 11.6 Å². The third-order valence-corrected chi connectivity index (χ3v) is 4.23. The Bertz CT molecular complexity index is 701. The first kappa shape index (κ1) is 14.5. The van der Waals surface area contributed by atoms with Gasteiger partial charge in [0.05, 0.1) is 17.4 Å². The second-order valence-electron chi connectivity index (χ2n) is 5.58. The minimum atomic E-state index is -0.149. The SMILES string of the molecule is O=c1[nH]c(CN2CCC(CCO)C2)nc2ccc(Cl)cc12. The summed E-state index contributed by atoms with van der Waals surface area (Å²) in [7, 11) is 0. The van der Waals surface area contributed by atoms with Crippen molar-refractivity contribution in [3.8, 4) is 0 Å². The van der Waals surface area contributed by atoms with Gasteiger partial charge in [-0.2, -0.15) is 0 Å². The maximum absolute atomic E-state index is 12.1. The molecule has 1 aromatic heterocycles. The van der Waals surface area contributed by atoms with Gasteiger partial charge in [-0.25, -0.2) is 4.98 Å². The Balaban J connectivity index is 1.79. The average molecular weight is 308 g/mol. The van der Waals surface area contributed by atoms with E-state index in [1.807, 2.05) is 0 Å². The second-order valence-corrected chi connectivity index (χ2v) is 6.01. The zero-order valence-electron chi connectivity index (χ0n) is 11.7. The van der Waals surface area contributed by atoms with Crippen LogP contribution in [0.3, 0.4) is 0 Å². The van der Waals surface area contributed by atoms with Gasteiger partial charge in [-0.3, -0.25) is 9.69 Å². The zero-order chi connectivity index (χ0) is 14.8. The van der Waals surface area contributed by atoms with Crippen LogP contribution in [0.25, 0.3) is 10.9 Å². The number of aromatic amines is 1. The molecule has 6 heteroatoms. The van der Waals surface area contributed by atoms with E-state index in [2.05, 4.69) is 14.9 Å². The van der Waals surface area contributed by atoms with Crippen LogP contribution in [0.5, 0.6) is 0 Å².